The van der Waals surface area contributed by atoms with Gasteiger partial charge in [0, 0.05) is 49.9 Å². The van der Waals surface area contributed by atoms with Gasteiger partial charge in [0.1, 0.15) is 5.82 Å². The number of piperidine rings is 2. The lowest BCUT2D eigenvalue weighted by Gasteiger charge is -2.48. The molecule has 1 aromatic rings. The molecule has 3 fully saturated rings. The van der Waals surface area contributed by atoms with Crippen LogP contribution < -0.4 is 0 Å². The van der Waals surface area contributed by atoms with Crippen molar-refractivity contribution in [1.82, 2.24) is 19.4 Å². The number of likely N-dealkylation sites (tertiary alicyclic amines) is 2. The average molecular weight is 345 g/mol. The zero-order valence-corrected chi connectivity index (χ0v) is 15.8. The third-order valence-corrected chi connectivity index (χ3v) is 6.33. The molecule has 4 rings (SSSR count). The van der Waals surface area contributed by atoms with E-state index in [1.165, 1.54) is 31.5 Å². The number of carbonyl (C=O) groups excluding carboxylic acids is 1. The van der Waals surface area contributed by atoms with Crippen LogP contribution in [0.25, 0.3) is 0 Å². The van der Waals surface area contributed by atoms with Crippen molar-refractivity contribution in [3.8, 4) is 0 Å². The number of amides is 1. The van der Waals surface area contributed by atoms with Gasteiger partial charge in [0.05, 0.1) is 6.54 Å². The summed E-state index contributed by atoms with van der Waals surface area (Å²) >= 11 is 0. The Balaban J connectivity index is 1.42. The molecule has 2 saturated heterocycles. The first kappa shape index (κ1) is 17.1. The summed E-state index contributed by atoms with van der Waals surface area (Å²) in [4.78, 5) is 21.7. The van der Waals surface area contributed by atoms with Crippen molar-refractivity contribution in [1.29, 1.82) is 0 Å². The molecule has 138 valence electrons. The van der Waals surface area contributed by atoms with Crippen LogP contribution in [-0.4, -0.2) is 51.4 Å². The molecule has 1 saturated carbocycles. The fourth-order valence-electron chi connectivity index (χ4n) is 4.80. The van der Waals surface area contributed by atoms with E-state index in [1.54, 1.807) is 0 Å². The summed E-state index contributed by atoms with van der Waals surface area (Å²) in [5.41, 5.74) is 0.316. The fourth-order valence-corrected chi connectivity index (χ4v) is 4.80. The number of imidazole rings is 1. The normalized spacial score (nSPS) is 28.3. The molecule has 0 aromatic carbocycles. The minimum atomic E-state index is 0.316. The van der Waals surface area contributed by atoms with E-state index in [0.29, 0.717) is 17.4 Å². The molecule has 3 aliphatic rings. The minimum Gasteiger partial charge on any atom is -0.342 e. The van der Waals surface area contributed by atoms with Crippen LogP contribution in [0.3, 0.4) is 0 Å². The van der Waals surface area contributed by atoms with Gasteiger partial charge < -0.3 is 9.47 Å². The van der Waals surface area contributed by atoms with Gasteiger partial charge in [0.15, 0.2) is 0 Å². The molecule has 0 radical (unpaired) electrons. The molecule has 5 nitrogen and oxygen atoms in total. The maximum absolute atomic E-state index is 12.3. The molecule has 0 bridgehead atoms. The van der Waals surface area contributed by atoms with Crippen LogP contribution in [0.5, 0.6) is 0 Å². The Morgan fingerprint density at radius 3 is 2.88 bits per heavy atom. The monoisotopic (exact) mass is 344 g/mol. The van der Waals surface area contributed by atoms with Crippen LogP contribution in [0, 0.1) is 11.3 Å². The average Bonchev–Trinajstić information content (AvgIpc) is 3.27. The Morgan fingerprint density at radius 1 is 1.28 bits per heavy atom. The molecule has 1 spiro atoms. The quantitative estimate of drug-likeness (QED) is 0.824. The number of rotatable bonds is 5. The fraction of sp³-hybridized carbons (Fsp3) is 0.800. The first-order chi connectivity index (χ1) is 12.0. The highest BCUT2D eigenvalue weighted by atomic mass is 16.2. The summed E-state index contributed by atoms with van der Waals surface area (Å²) in [7, 11) is 0. The van der Waals surface area contributed by atoms with E-state index in [1.807, 2.05) is 6.20 Å². The van der Waals surface area contributed by atoms with E-state index < -0.39 is 0 Å². The third kappa shape index (κ3) is 3.76. The lowest BCUT2D eigenvalue weighted by atomic mass is 9.73. The van der Waals surface area contributed by atoms with Gasteiger partial charge >= 0.3 is 0 Å². The van der Waals surface area contributed by atoms with Crippen LogP contribution >= 0.6 is 0 Å². The predicted octanol–water partition coefficient (Wildman–Crippen LogP) is 3.08. The number of aromatic nitrogens is 2. The number of hydrogen-bond donors (Lipinski definition) is 0. The van der Waals surface area contributed by atoms with E-state index in [-0.39, 0.29) is 0 Å². The second kappa shape index (κ2) is 6.75. The molecule has 1 aromatic heterocycles. The molecule has 1 amide bonds. The molecular weight excluding hydrogens is 312 g/mol. The lowest BCUT2D eigenvalue weighted by Crippen LogP contribution is -2.54. The topological polar surface area (TPSA) is 41.4 Å². The molecule has 1 atom stereocenters. The summed E-state index contributed by atoms with van der Waals surface area (Å²) in [5, 5.41) is 0. The van der Waals surface area contributed by atoms with Crippen molar-refractivity contribution < 1.29 is 4.79 Å². The van der Waals surface area contributed by atoms with Crippen molar-refractivity contribution in [3.05, 3.63) is 18.2 Å². The number of carbonyl (C=O) groups is 1. The van der Waals surface area contributed by atoms with Crippen molar-refractivity contribution in [2.24, 2.45) is 11.3 Å². The Bertz CT molecular complexity index is 621. The maximum Gasteiger partial charge on any atom is 0.222 e. The van der Waals surface area contributed by atoms with Crippen molar-refractivity contribution in [2.75, 3.05) is 26.2 Å². The van der Waals surface area contributed by atoms with Gasteiger partial charge in [-0.25, -0.2) is 4.98 Å². The Morgan fingerprint density at radius 2 is 2.12 bits per heavy atom. The van der Waals surface area contributed by atoms with Gasteiger partial charge in [-0.05, 0) is 58.4 Å². The second-order valence-electron chi connectivity index (χ2n) is 8.88. The van der Waals surface area contributed by atoms with Gasteiger partial charge in [-0.1, -0.05) is 0 Å². The smallest absolute Gasteiger partial charge is 0.222 e. The van der Waals surface area contributed by atoms with E-state index in [9.17, 15) is 4.79 Å². The Hall–Kier alpha value is -1.36. The molecule has 0 unspecified atom stereocenters. The van der Waals surface area contributed by atoms with Crippen LogP contribution in [0.4, 0.5) is 0 Å². The molecule has 5 heteroatoms. The van der Waals surface area contributed by atoms with E-state index in [4.69, 9.17) is 0 Å². The van der Waals surface area contributed by atoms with Crippen LogP contribution in [-0.2, 0) is 11.3 Å². The van der Waals surface area contributed by atoms with Crippen LogP contribution in [0.2, 0.25) is 0 Å². The summed E-state index contributed by atoms with van der Waals surface area (Å²) < 4.78 is 2.28. The molecule has 2 aliphatic heterocycles. The highest BCUT2D eigenvalue weighted by Crippen LogP contribution is 2.41. The summed E-state index contributed by atoms with van der Waals surface area (Å²) in [6.07, 6.45) is 11.0. The summed E-state index contributed by atoms with van der Waals surface area (Å²) in [5.74, 6) is 2.36. The lowest BCUT2D eigenvalue weighted by molar-refractivity contribution is -0.139. The van der Waals surface area contributed by atoms with E-state index in [0.717, 1.165) is 51.5 Å². The van der Waals surface area contributed by atoms with Crippen molar-refractivity contribution in [3.63, 3.8) is 0 Å². The molecule has 1 aliphatic carbocycles. The minimum absolute atomic E-state index is 0.316. The second-order valence-corrected chi connectivity index (χ2v) is 8.88. The van der Waals surface area contributed by atoms with Gasteiger partial charge in [-0.2, -0.15) is 0 Å². The van der Waals surface area contributed by atoms with Crippen molar-refractivity contribution in [2.45, 2.75) is 65.0 Å². The molecule has 0 N–H and O–H groups in total. The summed E-state index contributed by atoms with van der Waals surface area (Å²) in [6, 6.07) is 0.456. The van der Waals surface area contributed by atoms with Crippen LogP contribution in [0.1, 0.15) is 64.2 Å². The first-order valence-corrected chi connectivity index (χ1v) is 10.1. The van der Waals surface area contributed by atoms with Gasteiger partial charge in [0.2, 0.25) is 5.91 Å². The zero-order chi connectivity index (χ0) is 17.4. The van der Waals surface area contributed by atoms with E-state index in [2.05, 4.69) is 39.4 Å². The van der Waals surface area contributed by atoms with E-state index >= 15 is 0 Å². The highest BCUT2D eigenvalue weighted by molar-refractivity contribution is 5.77. The first-order valence-electron chi connectivity index (χ1n) is 10.1. The number of nitrogens with zero attached hydrogens (tertiary/aromatic N) is 4. The predicted molar refractivity (Wildman–Crippen MR) is 98.1 cm³/mol. The Kier molecular flexibility index (Phi) is 4.61. The standard InChI is InChI=1S/C20H32N4O/c1-16(2)24-11-9-21-18(24)13-22-10-3-7-20(14-22)8-6-19(25)23(15-20)12-17-4-5-17/h9,11,16-17H,3-8,10,12-15H2,1-2H3/t20-/m0/s1. The van der Waals surface area contributed by atoms with Crippen LogP contribution in [0.15, 0.2) is 12.4 Å². The SMILES string of the molecule is CC(C)n1ccnc1CN1CCC[C@]2(CCC(=O)N(CC3CC3)C2)C1. The highest BCUT2D eigenvalue weighted by Gasteiger charge is 2.42. The largest absolute Gasteiger partial charge is 0.342 e. The molecular formula is C20H32N4O. The number of hydrogen-bond acceptors (Lipinski definition) is 3. The molecule has 3 heterocycles. The third-order valence-electron chi connectivity index (χ3n) is 6.33. The van der Waals surface area contributed by atoms with Gasteiger partial charge in [-0.15, -0.1) is 0 Å². The Labute approximate surface area is 151 Å². The van der Waals surface area contributed by atoms with Gasteiger partial charge in [0.25, 0.3) is 0 Å². The zero-order valence-electron chi connectivity index (χ0n) is 15.8. The maximum atomic E-state index is 12.3. The molecule has 25 heavy (non-hydrogen) atoms. The van der Waals surface area contributed by atoms with Crippen molar-refractivity contribution >= 4 is 5.91 Å². The van der Waals surface area contributed by atoms with Gasteiger partial charge in [-0.3, -0.25) is 9.69 Å². The summed E-state index contributed by atoms with van der Waals surface area (Å²) in [6.45, 7) is 9.63.